The lowest BCUT2D eigenvalue weighted by atomic mass is 10.1. The van der Waals surface area contributed by atoms with Gasteiger partial charge in [0.25, 0.3) is 0 Å². The van der Waals surface area contributed by atoms with Gasteiger partial charge >= 0.3 is 0 Å². The molecule has 0 aliphatic rings. The third-order valence-electron chi connectivity index (χ3n) is 3.40. The van der Waals surface area contributed by atoms with Crippen LogP contribution in [0.3, 0.4) is 0 Å². The summed E-state index contributed by atoms with van der Waals surface area (Å²) < 4.78 is 3.05. The van der Waals surface area contributed by atoms with Crippen LogP contribution in [0.15, 0.2) is 53.9 Å². The summed E-state index contributed by atoms with van der Waals surface area (Å²) in [5.74, 6) is 0. The molecule has 3 heteroatoms. The van der Waals surface area contributed by atoms with Crippen molar-refractivity contribution in [2.24, 2.45) is 0 Å². The van der Waals surface area contributed by atoms with E-state index < -0.39 is 0 Å². The maximum Gasteiger partial charge on any atom is 0.166 e. The first-order valence-corrected chi connectivity index (χ1v) is 7.79. The fourth-order valence-electron chi connectivity index (χ4n) is 2.27. The molecule has 0 unspecified atom stereocenters. The number of hydrogen-bond donors (Lipinski definition) is 0. The van der Waals surface area contributed by atoms with Gasteiger partial charge in [-0.3, -0.25) is 4.57 Å². The highest BCUT2D eigenvalue weighted by Gasteiger charge is 2.10. The minimum atomic E-state index is 0.884. The summed E-state index contributed by atoms with van der Waals surface area (Å²) in [6, 6.07) is 16.9. The van der Waals surface area contributed by atoms with Crippen LogP contribution in [0.5, 0.6) is 0 Å². The highest BCUT2D eigenvalue weighted by Crippen LogP contribution is 2.29. The third kappa shape index (κ3) is 2.35. The van der Waals surface area contributed by atoms with Crippen LogP contribution in [0.25, 0.3) is 16.9 Å². The number of benzene rings is 2. The van der Waals surface area contributed by atoms with Gasteiger partial charge in [0.15, 0.2) is 3.95 Å². The zero-order valence-corrected chi connectivity index (χ0v) is 13.1. The Balaban J connectivity index is 2.23. The smallest absolute Gasteiger partial charge is 0.166 e. The van der Waals surface area contributed by atoms with Crippen molar-refractivity contribution in [1.82, 2.24) is 4.57 Å². The summed E-state index contributed by atoms with van der Waals surface area (Å²) in [7, 11) is 0. The molecule has 2 aromatic carbocycles. The lowest BCUT2D eigenvalue weighted by molar-refractivity contribution is 1.06. The second-order valence-electron chi connectivity index (χ2n) is 4.87. The highest BCUT2D eigenvalue weighted by molar-refractivity contribution is 7.73. The average molecular weight is 297 g/mol. The Morgan fingerprint density at radius 2 is 1.65 bits per heavy atom. The van der Waals surface area contributed by atoms with E-state index in [1.165, 1.54) is 16.7 Å². The van der Waals surface area contributed by atoms with Crippen molar-refractivity contribution in [3.63, 3.8) is 0 Å². The largest absolute Gasteiger partial charge is 0.291 e. The summed E-state index contributed by atoms with van der Waals surface area (Å²) in [5, 5.41) is 2.14. The molecule has 100 valence electrons. The third-order valence-corrected chi connectivity index (χ3v) is 4.60. The molecular formula is C17H15NS2. The quantitative estimate of drug-likeness (QED) is 0.561. The molecular weight excluding hydrogens is 282 g/mol. The predicted octanol–water partition coefficient (Wildman–Crippen LogP) is 5.55. The average Bonchev–Trinajstić information content (AvgIpc) is 2.82. The van der Waals surface area contributed by atoms with E-state index in [2.05, 4.69) is 72.3 Å². The van der Waals surface area contributed by atoms with Gasteiger partial charge in [-0.1, -0.05) is 48.0 Å². The summed E-state index contributed by atoms with van der Waals surface area (Å²) >= 11 is 7.13. The van der Waals surface area contributed by atoms with Crippen LogP contribution in [0.2, 0.25) is 0 Å². The SMILES string of the molecule is Cc1ccc(-c2csc(=S)n2-c2ccccc2C)cc1. The summed E-state index contributed by atoms with van der Waals surface area (Å²) in [6.07, 6.45) is 0. The van der Waals surface area contributed by atoms with E-state index in [1.807, 2.05) is 0 Å². The van der Waals surface area contributed by atoms with E-state index in [0.717, 1.165) is 15.3 Å². The van der Waals surface area contributed by atoms with Crippen LogP contribution in [-0.4, -0.2) is 4.57 Å². The molecule has 0 saturated carbocycles. The van der Waals surface area contributed by atoms with Crippen LogP contribution >= 0.6 is 23.6 Å². The Kier molecular flexibility index (Phi) is 3.55. The maximum atomic E-state index is 5.52. The van der Waals surface area contributed by atoms with Gasteiger partial charge in [0, 0.05) is 5.38 Å². The standard InChI is InChI=1S/C17H15NS2/c1-12-7-9-14(10-8-12)16-11-20-17(19)18(16)15-6-4-3-5-13(15)2/h3-11H,1-2H3. The van der Waals surface area contributed by atoms with Crippen LogP contribution in [0, 0.1) is 17.8 Å². The number of nitrogens with zero attached hydrogens (tertiary/aromatic N) is 1. The number of para-hydroxylation sites is 1. The van der Waals surface area contributed by atoms with E-state index in [1.54, 1.807) is 11.3 Å². The molecule has 0 aliphatic heterocycles. The fourth-order valence-corrected chi connectivity index (χ4v) is 3.37. The molecule has 0 aliphatic carbocycles. The van der Waals surface area contributed by atoms with E-state index in [-0.39, 0.29) is 0 Å². The molecule has 3 aromatic rings. The summed E-state index contributed by atoms with van der Waals surface area (Å²) in [5.41, 5.74) is 6.02. The van der Waals surface area contributed by atoms with Crippen LogP contribution in [0.4, 0.5) is 0 Å². The van der Waals surface area contributed by atoms with Crippen molar-refractivity contribution in [2.45, 2.75) is 13.8 Å². The second kappa shape index (κ2) is 5.35. The zero-order valence-electron chi connectivity index (χ0n) is 11.5. The van der Waals surface area contributed by atoms with Crippen molar-refractivity contribution >= 4 is 23.6 Å². The van der Waals surface area contributed by atoms with Crippen molar-refractivity contribution in [3.8, 4) is 16.9 Å². The molecule has 1 heterocycles. The number of aryl methyl sites for hydroxylation is 2. The molecule has 1 aromatic heterocycles. The Bertz CT molecular complexity index is 794. The van der Waals surface area contributed by atoms with Gasteiger partial charge in [0.1, 0.15) is 0 Å². The van der Waals surface area contributed by atoms with Gasteiger partial charge in [-0.25, -0.2) is 0 Å². The number of thiazole rings is 1. The molecule has 0 saturated heterocycles. The van der Waals surface area contributed by atoms with Gasteiger partial charge < -0.3 is 0 Å². The zero-order chi connectivity index (χ0) is 14.1. The first kappa shape index (κ1) is 13.3. The Hall–Kier alpha value is -1.71. The van der Waals surface area contributed by atoms with Gasteiger partial charge in [-0.05, 0) is 43.3 Å². The Morgan fingerprint density at radius 3 is 2.35 bits per heavy atom. The second-order valence-corrected chi connectivity index (χ2v) is 6.38. The van der Waals surface area contributed by atoms with E-state index in [9.17, 15) is 0 Å². The molecule has 20 heavy (non-hydrogen) atoms. The fraction of sp³-hybridized carbons (Fsp3) is 0.118. The van der Waals surface area contributed by atoms with Gasteiger partial charge in [0.05, 0.1) is 11.4 Å². The van der Waals surface area contributed by atoms with E-state index in [4.69, 9.17) is 12.2 Å². The first-order chi connectivity index (χ1) is 9.66. The first-order valence-electron chi connectivity index (χ1n) is 6.50. The number of aromatic nitrogens is 1. The van der Waals surface area contributed by atoms with Crippen molar-refractivity contribution in [1.29, 1.82) is 0 Å². The molecule has 0 radical (unpaired) electrons. The van der Waals surface area contributed by atoms with E-state index in [0.29, 0.717) is 0 Å². The van der Waals surface area contributed by atoms with Crippen LogP contribution in [-0.2, 0) is 0 Å². The Morgan fingerprint density at radius 1 is 0.950 bits per heavy atom. The monoisotopic (exact) mass is 297 g/mol. The molecule has 0 amide bonds. The van der Waals surface area contributed by atoms with Crippen molar-refractivity contribution in [3.05, 3.63) is 69.0 Å². The maximum absolute atomic E-state index is 5.52. The summed E-state index contributed by atoms with van der Waals surface area (Å²) in [4.78, 5) is 0. The minimum Gasteiger partial charge on any atom is -0.291 e. The van der Waals surface area contributed by atoms with Gasteiger partial charge in [-0.2, -0.15) is 0 Å². The Labute approximate surface area is 128 Å². The molecule has 3 rings (SSSR count). The number of rotatable bonds is 2. The van der Waals surface area contributed by atoms with E-state index >= 15 is 0 Å². The van der Waals surface area contributed by atoms with Crippen molar-refractivity contribution in [2.75, 3.05) is 0 Å². The molecule has 0 N–H and O–H groups in total. The van der Waals surface area contributed by atoms with Crippen molar-refractivity contribution < 1.29 is 0 Å². The minimum absolute atomic E-state index is 0.884. The lowest BCUT2D eigenvalue weighted by Gasteiger charge is -2.11. The molecule has 0 fully saturated rings. The molecule has 1 nitrogen and oxygen atoms in total. The van der Waals surface area contributed by atoms with Crippen LogP contribution < -0.4 is 0 Å². The van der Waals surface area contributed by atoms with Gasteiger partial charge in [0.2, 0.25) is 0 Å². The predicted molar refractivity (Wildman–Crippen MR) is 89.4 cm³/mol. The van der Waals surface area contributed by atoms with Crippen LogP contribution in [0.1, 0.15) is 11.1 Å². The molecule has 0 bridgehead atoms. The highest BCUT2D eigenvalue weighted by atomic mass is 32.1. The lowest BCUT2D eigenvalue weighted by Crippen LogP contribution is -1.98. The summed E-state index contributed by atoms with van der Waals surface area (Å²) in [6.45, 7) is 4.22. The number of hydrogen-bond acceptors (Lipinski definition) is 2. The molecule has 0 atom stereocenters. The van der Waals surface area contributed by atoms with Gasteiger partial charge in [-0.15, -0.1) is 11.3 Å². The molecule has 0 spiro atoms. The normalized spacial score (nSPS) is 10.7. The topological polar surface area (TPSA) is 4.93 Å².